The third-order valence-electron chi connectivity index (χ3n) is 10.2. The van der Waals surface area contributed by atoms with Crippen LogP contribution in [-0.4, -0.2) is 49.1 Å². The summed E-state index contributed by atoms with van der Waals surface area (Å²) in [6, 6.07) is 32.2. The molecule has 3 N–H and O–H groups in total. The third kappa shape index (κ3) is 7.27. The summed E-state index contributed by atoms with van der Waals surface area (Å²) in [5, 5.41) is 22.0. The zero-order valence-corrected chi connectivity index (χ0v) is 29.4. The first kappa shape index (κ1) is 36.5. The molecule has 0 saturated carbocycles. The molecule has 0 bridgehead atoms. The Bertz CT molecular complexity index is 1980. The summed E-state index contributed by atoms with van der Waals surface area (Å²) in [6.45, 7) is 1.77. The van der Waals surface area contributed by atoms with Crippen LogP contribution in [0.4, 0.5) is 13.2 Å². The van der Waals surface area contributed by atoms with E-state index in [2.05, 4.69) is 17.6 Å². The first-order chi connectivity index (χ1) is 24.2. The van der Waals surface area contributed by atoms with Crippen LogP contribution in [0.3, 0.4) is 0 Å². The molecule has 2 heterocycles. The predicted molar refractivity (Wildman–Crippen MR) is 196 cm³/mol. The number of carboxylic acids is 1. The van der Waals surface area contributed by atoms with E-state index in [-0.39, 0.29) is 19.3 Å². The Hall–Kier alpha value is -4.25. The summed E-state index contributed by atoms with van der Waals surface area (Å²) in [5.74, 6) is -2.26. The second kappa shape index (κ2) is 14.4. The molecule has 1 aliphatic heterocycles. The fourth-order valence-electron chi connectivity index (χ4n) is 7.58. The first-order valence-corrected chi connectivity index (χ1v) is 17.6. The van der Waals surface area contributed by atoms with E-state index in [1.54, 1.807) is 36.1 Å². The molecule has 5 atom stereocenters. The number of H-pyrrole nitrogens is 1. The standard InChI is InChI=1S/C40H38ClF3N2O4S/c1-2-31(19-20-39(50,51)40(42,43)44)46-36(27-17-15-26(16-18-27)25-9-4-3-5-10-25)32(28-12-8-13-30(41)21-28)23-38(37(46)49,24-35(47)48)34-22-29-11-6-7-14-33(29)45-34/h3-18,21-22,31-32,36,45,50-51H,2,19-20,23-24H2,1H3,(H,47,48)/t31-,32+,36+,38+,39?/m0/s1. The summed E-state index contributed by atoms with van der Waals surface area (Å²) >= 11 is 10.1. The number of alkyl halides is 3. The molecule has 4 aromatic carbocycles. The quantitative estimate of drug-likeness (QED) is 0.0803. The number of para-hydroxylation sites is 1. The van der Waals surface area contributed by atoms with Crippen molar-refractivity contribution in [3.05, 3.63) is 131 Å². The number of aromatic nitrogens is 1. The first-order valence-electron chi connectivity index (χ1n) is 16.8. The smallest absolute Gasteiger partial charge is 0.426 e. The summed E-state index contributed by atoms with van der Waals surface area (Å²) in [4.78, 5) is 29.8. The number of piperidine rings is 1. The van der Waals surface area contributed by atoms with Gasteiger partial charge in [-0.25, -0.2) is 0 Å². The van der Waals surface area contributed by atoms with Gasteiger partial charge in [-0.3, -0.25) is 9.59 Å². The minimum atomic E-state index is -5.02. The largest absolute Gasteiger partial charge is 0.481 e. The highest BCUT2D eigenvalue weighted by molar-refractivity contribution is 7.81. The van der Waals surface area contributed by atoms with Gasteiger partial charge in [-0.1, -0.05) is 103 Å². The summed E-state index contributed by atoms with van der Waals surface area (Å²) < 4.78 is 41.5. The zero-order valence-electron chi connectivity index (χ0n) is 27.8. The van der Waals surface area contributed by atoms with Crippen molar-refractivity contribution in [3.8, 4) is 11.1 Å². The normalized spacial score (nSPS) is 21.4. The van der Waals surface area contributed by atoms with Gasteiger partial charge in [0.25, 0.3) is 0 Å². The zero-order chi connectivity index (χ0) is 36.6. The van der Waals surface area contributed by atoms with E-state index in [1.807, 2.05) is 84.9 Å². The van der Waals surface area contributed by atoms with E-state index in [0.717, 1.165) is 27.6 Å². The van der Waals surface area contributed by atoms with E-state index in [9.17, 15) is 28.2 Å². The van der Waals surface area contributed by atoms with Gasteiger partial charge in [-0.15, -0.1) is 12.6 Å². The number of nitrogens with one attached hydrogen (secondary N) is 1. The van der Waals surface area contributed by atoms with Gasteiger partial charge in [0.15, 0.2) is 0 Å². The van der Waals surface area contributed by atoms with Gasteiger partial charge in [0.1, 0.15) is 5.41 Å². The van der Waals surface area contributed by atoms with Gasteiger partial charge >= 0.3 is 12.1 Å². The molecule has 1 aromatic heterocycles. The summed E-state index contributed by atoms with van der Waals surface area (Å²) in [6.07, 6.45) is -6.33. The summed E-state index contributed by atoms with van der Waals surface area (Å²) in [5.41, 5.74) is 2.88. The molecule has 0 radical (unpaired) electrons. The van der Waals surface area contributed by atoms with Crippen LogP contribution in [0.2, 0.25) is 5.02 Å². The highest BCUT2D eigenvalue weighted by Gasteiger charge is 2.57. The van der Waals surface area contributed by atoms with Crippen LogP contribution in [0, 0.1) is 0 Å². The van der Waals surface area contributed by atoms with Gasteiger partial charge in [0.05, 0.1) is 12.5 Å². The number of hydrogen-bond acceptors (Lipinski definition) is 4. The second-order valence-corrected chi connectivity index (χ2v) is 14.5. The Kier molecular flexibility index (Phi) is 10.3. The van der Waals surface area contributed by atoms with E-state index < -0.39 is 59.2 Å². The van der Waals surface area contributed by atoms with Crippen LogP contribution in [0.5, 0.6) is 0 Å². The van der Waals surface area contributed by atoms with E-state index in [1.165, 1.54) is 0 Å². The molecule has 266 valence electrons. The van der Waals surface area contributed by atoms with Gasteiger partial charge < -0.3 is 20.1 Å². The molecular formula is C40H38ClF3N2O4S. The lowest BCUT2D eigenvalue weighted by molar-refractivity contribution is -0.222. The fourth-order valence-corrected chi connectivity index (χ4v) is 7.90. The van der Waals surface area contributed by atoms with Crippen molar-refractivity contribution >= 4 is 47.0 Å². The molecule has 1 amide bonds. The Morgan fingerprint density at radius 3 is 2.25 bits per heavy atom. The molecular weight excluding hydrogens is 697 g/mol. The van der Waals surface area contributed by atoms with E-state index in [4.69, 9.17) is 11.6 Å². The van der Waals surface area contributed by atoms with Gasteiger partial charge in [-0.2, -0.15) is 13.2 Å². The molecule has 1 unspecified atom stereocenters. The number of fused-ring (bicyclic) bond motifs is 1. The topological polar surface area (TPSA) is 93.6 Å². The lowest BCUT2D eigenvalue weighted by atomic mass is 9.64. The van der Waals surface area contributed by atoms with Gasteiger partial charge in [0.2, 0.25) is 10.8 Å². The molecule has 0 aliphatic carbocycles. The molecule has 1 fully saturated rings. The van der Waals surface area contributed by atoms with Gasteiger partial charge in [0, 0.05) is 28.2 Å². The highest BCUT2D eigenvalue weighted by Crippen LogP contribution is 2.54. The monoisotopic (exact) mass is 734 g/mol. The number of benzene rings is 4. The Morgan fingerprint density at radius 1 is 0.961 bits per heavy atom. The number of carbonyl (C=O) groups is 2. The molecule has 1 aliphatic rings. The number of amides is 1. The lowest BCUT2D eigenvalue weighted by Gasteiger charge is -2.53. The Morgan fingerprint density at radius 2 is 1.63 bits per heavy atom. The molecule has 6 rings (SSSR count). The molecule has 5 aromatic rings. The van der Waals surface area contributed by atoms with Crippen molar-refractivity contribution in [2.75, 3.05) is 0 Å². The van der Waals surface area contributed by atoms with Crippen molar-refractivity contribution < 1.29 is 33.0 Å². The van der Waals surface area contributed by atoms with Crippen LogP contribution in [0.1, 0.15) is 67.8 Å². The van der Waals surface area contributed by atoms with Crippen LogP contribution in [0.25, 0.3) is 22.0 Å². The van der Waals surface area contributed by atoms with Crippen molar-refractivity contribution in [1.29, 1.82) is 0 Å². The fraction of sp³-hybridized carbons (Fsp3) is 0.300. The van der Waals surface area contributed by atoms with E-state index in [0.29, 0.717) is 16.2 Å². The van der Waals surface area contributed by atoms with Crippen molar-refractivity contribution in [2.45, 2.75) is 73.6 Å². The molecule has 6 nitrogen and oxygen atoms in total. The van der Waals surface area contributed by atoms with E-state index >= 15 is 4.79 Å². The third-order valence-corrected chi connectivity index (χ3v) is 10.9. The van der Waals surface area contributed by atoms with Crippen molar-refractivity contribution in [2.24, 2.45) is 0 Å². The average Bonchev–Trinajstić information content (AvgIpc) is 3.55. The van der Waals surface area contributed by atoms with Crippen molar-refractivity contribution in [1.82, 2.24) is 9.88 Å². The minimum absolute atomic E-state index is 0.0718. The molecule has 0 spiro atoms. The second-order valence-electron chi connectivity index (χ2n) is 13.3. The Balaban J connectivity index is 1.57. The lowest BCUT2D eigenvalue weighted by Crippen LogP contribution is -2.59. The van der Waals surface area contributed by atoms with Crippen LogP contribution < -0.4 is 0 Å². The van der Waals surface area contributed by atoms with Crippen molar-refractivity contribution in [3.63, 3.8) is 0 Å². The van der Waals surface area contributed by atoms with Crippen LogP contribution in [0.15, 0.2) is 109 Å². The molecule has 51 heavy (non-hydrogen) atoms. The number of carbonyl (C=O) groups excluding carboxylic acids is 1. The van der Waals surface area contributed by atoms with Gasteiger partial charge in [-0.05, 0) is 77.6 Å². The maximum Gasteiger partial charge on any atom is 0.426 e. The number of likely N-dealkylation sites (tertiary alicyclic amines) is 1. The summed E-state index contributed by atoms with van der Waals surface area (Å²) in [7, 11) is 0. The number of nitrogens with zero attached hydrogens (tertiary/aromatic N) is 1. The maximum absolute atomic E-state index is 15.4. The number of aliphatic carboxylic acids is 1. The average molecular weight is 735 g/mol. The number of aliphatic hydroxyl groups is 1. The Labute approximate surface area is 304 Å². The number of halogens is 4. The molecule has 11 heteroatoms. The number of thiol groups is 1. The highest BCUT2D eigenvalue weighted by atomic mass is 35.5. The maximum atomic E-state index is 15.4. The number of aromatic amines is 1. The predicted octanol–water partition coefficient (Wildman–Crippen LogP) is 9.70. The number of hydrogen-bond donors (Lipinski definition) is 4. The number of rotatable bonds is 11. The SMILES string of the molecule is CC[C@@H](CCC(O)(S)C(F)(F)F)N1C(=O)[C@](CC(=O)O)(c2cc3ccccc3[nH]2)C[C@H](c2cccc(Cl)c2)[C@H]1c1ccc(-c2ccccc2)cc1. The minimum Gasteiger partial charge on any atom is -0.481 e. The molecule has 1 saturated heterocycles. The van der Waals surface area contributed by atoms with Crippen LogP contribution in [-0.2, 0) is 15.0 Å². The number of carboxylic acid groups (broad SMARTS) is 1. The van der Waals surface area contributed by atoms with Crippen LogP contribution >= 0.6 is 24.2 Å².